The Morgan fingerprint density at radius 3 is 2.32 bits per heavy atom. The molecule has 0 fully saturated rings. The largest absolute Gasteiger partial charge is 0.497 e. The highest BCUT2D eigenvalue weighted by atomic mass is 16.5. The molecule has 2 heterocycles. The summed E-state index contributed by atoms with van der Waals surface area (Å²) in [4.78, 5) is 17.0. The van der Waals surface area contributed by atoms with E-state index in [4.69, 9.17) is 9.47 Å². The Balaban J connectivity index is 1.64. The van der Waals surface area contributed by atoms with Gasteiger partial charge in [-0.05, 0) is 35.7 Å². The van der Waals surface area contributed by atoms with Crippen molar-refractivity contribution in [2.75, 3.05) is 13.7 Å². The Hall–Kier alpha value is -4.45. The summed E-state index contributed by atoms with van der Waals surface area (Å²) in [5.74, 6) is 0.387. The Morgan fingerprint density at radius 2 is 1.59 bits per heavy atom. The van der Waals surface area contributed by atoms with Crippen LogP contribution >= 0.6 is 0 Å². The Bertz CT molecular complexity index is 1460. The SMILES string of the molecule is CCOC(=O)c1cnn2c(-c3ccccc3)c(-c3ccc(-c4cccc(OC)c4)cc3)cnc12. The van der Waals surface area contributed by atoms with Crippen LogP contribution < -0.4 is 4.74 Å². The predicted octanol–water partition coefficient (Wildman–Crippen LogP) is 5.92. The average Bonchev–Trinajstić information content (AvgIpc) is 3.33. The molecule has 168 valence electrons. The Labute approximate surface area is 197 Å². The quantitative estimate of drug-likeness (QED) is 0.301. The molecule has 5 rings (SSSR count). The summed E-state index contributed by atoms with van der Waals surface area (Å²) in [5, 5.41) is 4.51. The lowest BCUT2D eigenvalue weighted by atomic mass is 9.97. The number of fused-ring (bicyclic) bond motifs is 1. The van der Waals surface area contributed by atoms with Crippen molar-refractivity contribution in [1.29, 1.82) is 0 Å². The molecule has 0 unspecified atom stereocenters. The molecule has 34 heavy (non-hydrogen) atoms. The van der Waals surface area contributed by atoms with Gasteiger partial charge in [-0.25, -0.2) is 14.3 Å². The number of carbonyl (C=O) groups excluding carboxylic acids is 1. The summed E-state index contributed by atoms with van der Waals surface area (Å²) >= 11 is 0. The van der Waals surface area contributed by atoms with E-state index in [2.05, 4.69) is 40.4 Å². The van der Waals surface area contributed by atoms with Crippen LogP contribution in [0.3, 0.4) is 0 Å². The third kappa shape index (κ3) is 3.90. The molecule has 6 heteroatoms. The summed E-state index contributed by atoms with van der Waals surface area (Å²) in [5.41, 5.74) is 6.71. The number of methoxy groups -OCH3 is 1. The first-order valence-corrected chi connectivity index (χ1v) is 11.0. The molecule has 0 radical (unpaired) electrons. The van der Waals surface area contributed by atoms with Crippen LogP contribution in [-0.2, 0) is 4.74 Å². The molecule has 0 saturated heterocycles. The van der Waals surface area contributed by atoms with Gasteiger partial charge in [0.2, 0.25) is 0 Å². The van der Waals surface area contributed by atoms with E-state index in [1.807, 2.05) is 48.5 Å². The molecule has 0 spiro atoms. The topological polar surface area (TPSA) is 65.7 Å². The van der Waals surface area contributed by atoms with E-state index >= 15 is 0 Å². The van der Waals surface area contributed by atoms with Gasteiger partial charge in [0.1, 0.15) is 11.3 Å². The first-order valence-electron chi connectivity index (χ1n) is 11.0. The molecule has 6 nitrogen and oxygen atoms in total. The van der Waals surface area contributed by atoms with Crippen molar-refractivity contribution >= 4 is 11.6 Å². The second-order valence-corrected chi connectivity index (χ2v) is 7.71. The number of carbonyl (C=O) groups is 1. The first kappa shape index (κ1) is 21.4. The van der Waals surface area contributed by atoms with Gasteiger partial charge in [-0.2, -0.15) is 5.10 Å². The molecule has 0 amide bonds. The molecule has 0 bridgehead atoms. The van der Waals surface area contributed by atoms with E-state index in [9.17, 15) is 4.79 Å². The lowest BCUT2D eigenvalue weighted by Crippen LogP contribution is -2.06. The van der Waals surface area contributed by atoms with Gasteiger partial charge in [0.15, 0.2) is 5.65 Å². The minimum atomic E-state index is -0.431. The van der Waals surface area contributed by atoms with Crippen LogP contribution in [0.4, 0.5) is 0 Å². The zero-order valence-corrected chi connectivity index (χ0v) is 18.9. The van der Waals surface area contributed by atoms with Crippen molar-refractivity contribution in [3.8, 4) is 39.3 Å². The predicted molar refractivity (Wildman–Crippen MR) is 132 cm³/mol. The average molecular weight is 450 g/mol. The smallest absolute Gasteiger partial charge is 0.343 e. The highest BCUT2D eigenvalue weighted by Crippen LogP contribution is 2.34. The van der Waals surface area contributed by atoms with Gasteiger partial charge in [0.05, 0.1) is 25.6 Å². The van der Waals surface area contributed by atoms with Crippen LogP contribution in [-0.4, -0.2) is 34.3 Å². The van der Waals surface area contributed by atoms with Gasteiger partial charge in [-0.1, -0.05) is 66.7 Å². The second-order valence-electron chi connectivity index (χ2n) is 7.71. The molecular formula is C28H23N3O3. The van der Waals surface area contributed by atoms with E-state index < -0.39 is 5.97 Å². The highest BCUT2D eigenvalue weighted by molar-refractivity contribution is 5.96. The number of hydrogen-bond donors (Lipinski definition) is 0. The minimum Gasteiger partial charge on any atom is -0.497 e. The van der Waals surface area contributed by atoms with Crippen LogP contribution in [0.15, 0.2) is 91.3 Å². The van der Waals surface area contributed by atoms with Gasteiger partial charge in [0, 0.05) is 17.3 Å². The van der Waals surface area contributed by atoms with Crippen LogP contribution in [0.2, 0.25) is 0 Å². The number of nitrogens with zero attached hydrogens (tertiary/aromatic N) is 3. The molecule has 0 aliphatic carbocycles. The van der Waals surface area contributed by atoms with Crippen molar-refractivity contribution in [3.63, 3.8) is 0 Å². The monoisotopic (exact) mass is 449 g/mol. The van der Waals surface area contributed by atoms with E-state index in [1.165, 1.54) is 6.20 Å². The molecule has 0 aliphatic rings. The summed E-state index contributed by atoms with van der Waals surface area (Å²) < 4.78 is 12.3. The van der Waals surface area contributed by atoms with Crippen LogP contribution in [0.25, 0.3) is 39.2 Å². The van der Waals surface area contributed by atoms with Crippen molar-refractivity contribution in [2.45, 2.75) is 6.92 Å². The highest BCUT2D eigenvalue weighted by Gasteiger charge is 2.20. The van der Waals surface area contributed by atoms with Crippen LogP contribution in [0.1, 0.15) is 17.3 Å². The zero-order chi connectivity index (χ0) is 23.5. The van der Waals surface area contributed by atoms with E-state index in [1.54, 1.807) is 24.7 Å². The van der Waals surface area contributed by atoms with Gasteiger partial charge >= 0.3 is 5.97 Å². The number of rotatable bonds is 6. The normalized spacial score (nSPS) is 10.9. The van der Waals surface area contributed by atoms with Crippen molar-refractivity contribution in [2.24, 2.45) is 0 Å². The summed E-state index contributed by atoms with van der Waals surface area (Å²) in [6, 6.07) is 26.2. The standard InChI is InChI=1S/C28H23N3O3/c1-3-34-28(32)25-18-30-31-26(21-8-5-4-6-9-21)24(17-29-27(25)31)20-14-12-19(13-15-20)22-10-7-11-23(16-22)33-2/h4-18H,3H2,1-2H3. The van der Waals surface area contributed by atoms with Gasteiger partial charge in [-0.3, -0.25) is 0 Å². The van der Waals surface area contributed by atoms with Crippen LogP contribution in [0, 0.1) is 0 Å². The molecule has 2 aromatic heterocycles. The van der Waals surface area contributed by atoms with Crippen molar-refractivity contribution < 1.29 is 14.3 Å². The fourth-order valence-electron chi connectivity index (χ4n) is 4.01. The molecular weight excluding hydrogens is 426 g/mol. The van der Waals surface area contributed by atoms with Gasteiger partial charge in [-0.15, -0.1) is 0 Å². The van der Waals surface area contributed by atoms with Gasteiger partial charge in [0.25, 0.3) is 0 Å². The lowest BCUT2D eigenvalue weighted by Gasteiger charge is -2.13. The van der Waals surface area contributed by atoms with Crippen LogP contribution in [0.5, 0.6) is 5.75 Å². The van der Waals surface area contributed by atoms with E-state index in [0.717, 1.165) is 39.3 Å². The molecule has 0 saturated carbocycles. The summed E-state index contributed by atoms with van der Waals surface area (Å²) in [6.45, 7) is 2.07. The molecule has 0 N–H and O–H groups in total. The van der Waals surface area contributed by atoms with E-state index in [0.29, 0.717) is 17.8 Å². The summed E-state index contributed by atoms with van der Waals surface area (Å²) in [6.07, 6.45) is 3.31. The maximum atomic E-state index is 12.4. The third-order valence-corrected chi connectivity index (χ3v) is 5.67. The number of aromatic nitrogens is 3. The Kier molecular flexibility index (Phi) is 5.79. The molecule has 0 aliphatic heterocycles. The lowest BCUT2D eigenvalue weighted by molar-refractivity contribution is 0.0528. The third-order valence-electron chi connectivity index (χ3n) is 5.67. The fraction of sp³-hybridized carbons (Fsp3) is 0.107. The minimum absolute atomic E-state index is 0.291. The maximum absolute atomic E-state index is 12.4. The summed E-state index contributed by atoms with van der Waals surface area (Å²) in [7, 11) is 1.67. The van der Waals surface area contributed by atoms with Gasteiger partial charge < -0.3 is 9.47 Å². The number of esters is 1. The van der Waals surface area contributed by atoms with Crippen molar-refractivity contribution in [3.05, 3.63) is 96.8 Å². The molecule has 3 aromatic carbocycles. The fourth-order valence-corrected chi connectivity index (χ4v) is 4.01. The first-order chi connectivity index (χ1) is 16.7. The van der Waals surface area contributed by atoms with Crippen molar-refractivity contribution in [1.82, 2.24) is 14.6 Å². The molecule has 0 atom stereocenters. The number of hydrogen-bond acceptors (Lipinski definition) is 5. The second kappa shape index (κ2) is 9.19. The number of benzene rings is 3. The molecule has 5 aromatic rings. The number of ether oxygens (including phenoxy) is 2. The zero-order valence-electron chi connectivity index (χ0n) is 18.9. The Morgan fingerprint density at radius 1 is 0.853 bits per heavy atom. The maximum Gasteiger partial charge on any atom is 0.343 e. The van der Waals surface area contributed by atoms with E-state index in [-0.39, 0.29) is 0 Å².